The van der Waals surface area contributed by atoms with Crippen molar-refractivity contribution in [3.05, 3.63) is 47.0 Å². The van der Waals surface area contributed by atoms with E-state index in [0.29, 0.717) is 0 Å². The number of rotatable bonds is 7. The van der Waals surface area contributed by atoms with E-state index < -0.39 is 0 Å². The second kappa shape index (κ2) is 7.34. The Bertz CT molecular complexity index is 379. The molecular weight excluding hydrogens is 220 g/mol. The summed E-state index contributed by atoms with van der Waals surface area (Å²) >= 11 is 0. The molecule has 0 atom stereocenters. The quantitative estimate of drug-likeness (QED) is 0.569. The van der Waals surface area contributed by atoms with Gasteiger partial charge in [0.25, 0.3) is 0 Å². The van der Waals surface area contributed by atoms with E-state index >= 15 is 0 Å². The Morgan fingerprint density at radius 1 is 1.00 bits per heavy atom. The Morgan fingerprint density at radius 3 is 2.39 bits per heavy atom. The molecule has 0 spiro atoms. The van der Waals surface area contributed by atoms with Crippen LogP contribution in [0.25, 0.3) is 0 Å². The zero-order valence-corrected chi connectivity index (χ0v) is 11.3. The summed E-state index contributed by atoms with van der Waals surface area (Å²) in [5.41, 5.74) is 4.28. The van der Waals surface area contributed by atoms with E-state index in [9.17, 15) is 0 Å². The standard InChI is InChI=1S/C16H24N2/c1-14-6-8-16(9-7-14)13-18-11-10-17-12-15-4-2-3-5-15/h4,6-9,17-18H,2-3,5,10-13H2,1H3. The molecule has 2 nitrogen and oxygen atoms in total. The molecule has 2 heteroatoms. The Labute approximate surface area is 110 Å². The molecule has 1 aliphatic rings. The first-order valence-corrected chi connectivity index (χ1v) is 6.99. The number of aryl methyl sites for hydroxylation is 1. The maximum absolute atomic E-state index is 3.49. The van der Waals surface area contributed by atoms with Crippen molar-refractivity contribution in [3.63, 3.8) is 0 Å². The van der Waals surface area contributed by atoms with Gasteiger partial charge in [-0.1, -0.05) is 41.5 Å². The number of hydrogen-bond acceptors (Lipinski definition) is 2. The highest BCUT2D eigenvalue weighted by atomic mass is 14.9. The Hall–Kier alpha value is -1.12. The molecule has 0 unspecified atom stereocenters. The molecule has 0 saturated heterocycles. The zero-order chi connectivity index (χ0) is 12.6. The van der Waals surface area contributed by atoms with Crippen molar-refractivity contribution in [1.82, 2.24) is 10.6 Å². The van der Waals surface area contributed by atoms with E-state index in [-0.39, 0.29) is 0 Å². The van der Waals surface area contributed by atoms with Crippen molar-refractivity contribution >= 4 is 0 Å². The molecule has 0 aliphatic heterocycles. The van der Waals surface area contributed by atoms with Crippen LogP contribution in [0.4, 0.5) is 0 Å². The molecule has 18 heavy (non-hydrogen) atoms. The normalized spacial score (nSPS) is 14.8. The Balaban J connectivity index is 1.52. The van der Waals surface area contributed by atoms with Crippen molar-refractivity contribution in [1.29, 1.82) is 0 Å². The van der Waals surface area contributed by atoms with Gasteiger partial charge >= 0.3 is 0 Å². The molecule has 0 amide bonds. The van der Waals surface area contributed by atoms with Crippen LogP contribution in [0.1, 0.15) is 30.4 Å². The minimum absolute atomic E-state index is 0.963. The number of hydrogen-bond donors (Lipinski definition) is 2. The van der Waals surface area contributed by atoms with E-state index in [1.54, 1.807) is 5.57 Å². The van der Waals surface area contributed by atoms with Crippen molar-refractivity contribution in [2.75, 3.05) is 19.6 Å². The highest BCUT2D eigenvalue weighted by molar-refractivity contribution is 5.21. The summed E-state index contributed by atoms with van der Waals surface area (Å²) in [5.74, 6) is 0. The summed E-state index contributed by atoms with van der Waals surface area (Å²) < 4.78 is 0. The number of benzene rings is 1. The largest absolute Gasteiger partial charge is 0.312 e. The Kier molecular flexibility index (Phi) is 5.43. The summed E-state index contributed by atoms with van der Waals surface area (Å²) in [7, 11) is 0. The Morgan fingerprint density at radius 2 is 1.72 bits per heavy atom. The van der Waals surface area contributed by atoms with Crippen LogP contribution < -0.4 is 10.6 Å². The second-order valence-corrected chi connectivity index (χ2v) is 5.09. The van der Waals surface area contributed by atoms with Crippen LogP contribution in [-0.2, 0) is 6.54 Å². The van der Waals surface area contributed by atoms with Crippen molar-refractivity contribution in [2.45, 2.75) is 32.7 Å². The lowest BCUT2D eigenvalue weighted by Gasteiger charge is -2.07. The molecule has 0 bridgehead atoms. The molecule has 0 saturated carbocycles. The lowest BCUT2D eigenvalue weighted by Crippen LogP contribution is -2.28. The average molecular weight is 244 g/mol. The van der Waals surface area contributed by atoms with Gasteiger partial charge in [-0.2, -0.15) is 0 Å². The van der Waals surface area contributed by atoms with E-state index in [1.165, 1.54) is 30.4 Å². The predicted octanol–water partition coefficient (Wildman–Crippen LogP) is 2.78. The first-order valence-electron chi connectivity index (χ1n) is 6.99. The van der Waals surface area contributed by atoms with Crippen molar-refractivity contribution in [3.8, 4) is 0 Å². The second-order valence-electron chi connectivity index (χ2n) is 5.09. The summed E-state index contributed by atoms with van der Waals surface area (Å²) in [6.07, 6.45) is 6.31. The van der Waals surface area contributed by atoms with E-state index in [2.05, 4.69) is 47.9 Å². The van der Waals surface area contributed by atoms with Gasteiger partial charge in [-0.15, -0.1) is 0 Å². The van der Waals surface area contributed by atoms with E-state index in [0.717, 1.165) is 26.2 Å². The fourth-order valence-corrected chi connectivity index (χ4v) is 2.26. The fraction of sp³-hybridized carbons (Fsp3) is 0.500. The van der Waals surface area contributed by atoms with Gasteiger partial charge in [0.15, 0.2) is 0 Å². The van der Waals surface area contributed by atoms with Crippen LogP contribution in [0, 0.1) is 6.92 Å². The zero-order valence-electron chi connectivity index (χ0n) is 11.3. The summed E-state index contributed by atoms with van der Waals surface area (Å²) in [6.45, 7) is 6.24. The average Bonchev–Trinajstić information content (AvgIpc) is 2.89. The molecule has 2 N–H and O–H groups in total. The van der Waals surface area contributed by atoms with Crippen molar-refractivity contribution in [2.24, 2.45) is 0 Å². The van der Waals surface area contributed by atoms with Gasteiger partial charge in [0.1, 0.15) is 0 Å². The summed E-state index contributed by atoms with van der Waals surface area (Å²) in [5, 5.41) is 6.96. The predicted molar refractivity (Wildman–Crippen MR) is 77.7 cm³/mol. The smallest absolute Gasteiger partial charge is 0.0206 e. The molecule has 0 radical (unpaired) electrons. The van der Waals surface area contributed by atoms with Crippen LogP contribution in [0.2, 0.25) is 0 Å². The van der Waals surface area contributed by atoms with Crippen LogP contribution in [0.3, 0.4) is 0 Å². The van der Waals surface area contributed by atoms with Gasteiger partial charge in [-0.25, -0.2) is 0 Å². The fourth-order valence-electron chi connectivity index (χ4n) is 2.26. The van der Waals surface area contributed by atoms with Crippen molar-refractivity contribution < 1.29 is 0 Å². The minimum Gasteiger partial charge on any atom is -0.312 e. The number of nitrogens with one attached hydrogen (secondary N) is 2. The van der Waals surface area contributed by atoms with Gasteiger partial charge in [-0.3, -0.25) is 0 Å². The van der Waals surface area contributed by atoms with Gasteiger partial charge in [0.2, 0.25) is 0 Å². The molecule has 0 fully saturated rings. The molecular formula is C16H24N2. The maximum Gasteiger partial charge on any atom is 0.0206 e. The van der Waals surface area contributed by atoms with Gasteiger partial charge in [0.05, 0.1) is 0 Å². The minimum atomic E-state index is 0.963. The van der Waals surface area contributed by atoms with Crippen LogP contribution in [0.15, 0.2) is 35.9 Å². The third kappa shape index (κ3) is 4.63. The maximum atomic E-state index is 3.49. The van der Waals surface area contributed by atoms with Gasteiger partial charge in [-0.05, 0) is 31.7 Å². The first kappa shape index (κ1) is 13.3. The third-order valence-electron chi connectivity index (χ3n) is 3.42. The third-order valence-corrected chi connectivity index (χ3v) is 3.42. The highest BCUT2D eigenvalue weighted by Gasteiger charge is 2.02. The lowest BCUT2D eigenvalue weighted by atomic mass is 10.1. The van der Waals surface area contributed by atoms with Crippen LogP contribution >= 0.6 is 0 Å². The topological polar surface area (TPSA) is 24.1 Å². The molecule has 1 aromatic carbocycles. The highest BCUT2D eigenvalue weighted by Crippen LogP contribution is 2.15. The number of allylic oxidation sites excluding steroid dienone is 1. The molecule has 1 aromatic rings. The van der Waals surface area contributed by atoms with Gasteiger partial charge in [0, 0.05) is 26.2 Å². The first-order chi connectivity index (χ1) is 8.84. The van der Waals surface area contributed by atoms with Crippen LogP contribution in [0.5, 0.6) is 0 Å². The monoisotopic (exact) mass is 244 g/mol. The summed E-state index contributed by atoms with van der Waals surface area (Å²) in [6, 6.07) is 8.72. The molecule has 2 rings (SSSR count). The molecule has 0 aromatic heterocycles. The van der Waals surface area contributed by atoms with Gasteiger partial charge < -0.3 is 10.6 Å². The molecule has 98 valence electrons. The van der Waals surface area contributed by atoms with E-state index in [1.807, 2.05) is 0 Å². The molecule has 1 aliphatic carbocycles. The SMILES string of the molecule is Cc1ccc(CNCCNCC2=CCCC2)cc1. The summed E-state index contributed by atoms with van der Waals surface area (Å²) in [4.78, 5) is 0. The molecule has 0 heterocycles. The van der Waals surface area contributed by atoms with Crippen LogP contribution in [-0.4, -0.2) is 19.6 Å². The van der Waals surface area contributed by atoms with E-state index in [4.69, 9.17) is 0 Å². The lowest BCUT2D eigenvalue weighted by molar-refractivity contribution is 0.626.